The van der Waals surface area contributed by atoms with Crippen LogP contribution in [0.3, 0.4) is 0 Å². The summed E-state index contributed by atoms with van der Waals surface area (Å²) in [5.74, 6) is 1.30. The van der Waals surface area contributed by atoms with E-state index in [-0.39, 0.29) is 24.6 Å². The summed E-state index contributed by atoms with van der Waals surface area (Å²) in [6.45, 7) is 5.30. The first-order valence-electron chi connectivity index (χ1n) is 10.9. The van der Waals surface area contributed by atoms with Gasteiger partial charge in [-0.15, -0.1) is 0 Å². The first kappa shape index (κ1) is 23.0. The third kappa shape index (κ3) is 5.42. The van der Waals surface area contributed by atoms with E-state index in [1.54, 1.807) is 23.8 Å². The Morgan fingerprint density at radius 3 is 2.91 bits per heavy atom. The lowest BCUT2D eigenvalue weighted by atomic mass is 10.0. The van der Waals surface area contributed by atoms with Gasteiger partial charge < -0.3 is 29.4 Å². The van der Waals surface area contributed by atoms with Gasteiger partial charge in [0.05, 0.1) is 17.6 Å². The highest BCUT2D eigenvalue weighted by atomic mass is 35.5. The molecule has 0 unspecified atom stereocenters. The number of piperidine rings is 1. The van der Waals surface area contributed by atoms with Crippen LogP contribution in [0.25, 0.3) is 10.9 Å². The van der Waals surface area contributed by atoms with Crippen LogP contribution in [-0.4, -0.2) is 58.1 Å². The molecule has 1 aliphatic rings. The Balaban J connectivity index is 1.36. The quantitative estimate of drug-likeness (QED) is 0.566. The van der Waals surface area contributed by atoms with Crippen molar-refractivity contribution in [3.63, 3.8) is 0 Å². The molecule has 10 heteroatoms. The number of halogens is 1. The van der Waals surface area contributed by atoms with Crippen molar-refractivity contribution in [1.29, 1.82) is 0 Å². The Bertz CT molecular complexity index is 1160. The van der Waals surface area contributed by atoms with E-state index < -0.39 is 0 Å². The molecule has 33 heavy (non-hydrogen) atoms. The first-order valence-corrected chi connectivity index (χ1v) is 11.3. The Morgan fingerprint density at radius 1 is 1.36 bits per heavy atom. The van der Waals surface area contributed by atoms with Crippen molar-refractivity contribution in [2.24, 2.45) is 0 Å². The molecule has 1 aliphatic heterocycles. The van der Waals surface area contributed by atoms with Gasteiger partial charge in [0.15, 0.2) is 0 Å². The van der Waals surface area contributed by atoms with Gasteiger partial charge in [0, 0.05) is 55.8 Å². The van der Waals surface area contributed by atoms with Gasteiger partial charge in [-0.05, 0) is 31.9 Å². The minimum atomic E-state index is -0.172. The zero-order valence-electron chi connectivity index (χ0n) is 19.0. The maximum Gasteiger partial charge on any atom is 0.317 e. The summed E-state index contributed by atoms with van der Waals surface area (Å²) < 4.78 is 10.8. The third-order valence-corrected chi connectivity index (χ3v) is 6.22. The highest BCUT2D eigenvalue weighted by Gasteiger charge is 2.27. The minimum Gasteiger partial charge on any atom is -0.486 e. The number of likely N-dealkylation sites (tertiary alicyclic amines) is 1. The summed E-state index contributed by atoms with van der Waals surface area (Å²) in [7, 11) is 1.77. The number of carbonyl (C=O) groups is 2. The van der Waals surface area contributed by atoms with E-state index >= 15 is 0 Å². The van der Waals surface area contributed by atoms with Crippen LogP contribution in [0.4, 0.5) is 4.79 Å². The highest BCUT2D eigenvalue weighted by Crippen LogP contribution is 2.31. The molecule has 176 valence electrons. The number of amides is 3. The number of hydrogen-bond acceptors (Lipinski definition) is 5. The molecule has 1 saturated heterocycles. The molecule has 3 aromatic rings. The Kier molecular flexibility index (Phi) is 6.78. The fraction of sp³-hybridized carbons (Fsp3) is 0.435. The second-order valence-corrected chi connectivity index (χ2v) is 8.82. The van der Waals surface area contributed by atoms with Gasteiger partial charge in [0.2, 0.25) is 5.91 Å². The number of hydrogen-bond donors (Lipinski definition) is 2. The summed E-state index contributed by atoms with van der Waals surface area (Å²) in [4.78, 5) is 31.1. The number of urea groups is 1. The van der Waals surface area contributed by atoms with Crippen LogP contribution >= 0.6 is 11.6 Å². The fourth-order valence-electron chi connectivity index (χ4n) is 4.05. The largest absolute Gasteiger partial charge is 0.486 e. The van der Waals surface area contributed by atoms with Crippen molar-refractivity contribution in [1.82, 2.24) is 25.3 Å². The maximum atomic E-state index is 12.7. The van der Waals surface area contributed by atoms with Crippen molar-refractivity contribution in [2.45, 2.75) is 45.9 Å². The molecular weight excluding hydrogens is 446 g/mol. The lowest BCUT2D eigenvalue weighted by Crippen LogP contribution is -2.52. The smallest absolute Gasteiger partial charge is 0.317 e. The standard InChI is InChI=1S/C23H28ClN5O4/c1-14-7-18(27-33-14)13-32-22-10-21-16(9-20(22)24)8-17(26-21)11-25-23(31)28(3)19-5-4-6-29(12-19)15(2)30/h7-10,19,26H,4-6,11-13H2,1-3H3,(H,25,31)/t19-/m1/s1. The van der Waals surface area contributed by atoms with E-state index in [1.807, 2.05) is 31.2 Å². The number of aryl methyl sites for hydroxylation is 1. The lowest BCUT2D eigenvalue weighted by Gasteiger charge is -2.37. The molecule has 4 rings (SSSR count). The minimum absolute atomic E-state index is 0.0115. The lowest BCUT2D eigenvalue weighted by molar-refractivity contribution is -0.130. The molecule has 1 fully saturated rings. The summed E-state index contributed by atoms with van der Waals surface area (Å²) >= 11 is 6.39. The molecular formula is C23H28ClN5O4. The molecule has 1 aromatic carbocycles. The molecule has 0 aliphatic carbocycles. The SMILES string of the molecule is CC(=O)N1CCC[C@@H](N(C)C(=O)NCc2cc3cc(Cl)c(OCc4cc(C)on4)cc3[nH]2)C1. The number of likely N-dealkylation sites (N-methyl/N-ethyl adjacent to an activating group) is 1. The van der Waals surface area contributed by atoms with Crippen LogP contribution < -0.4 is 10.1 Å². The second kappa shape index (κ2) is 9.74. The molecule has 0 spiro atoms. The number of nitrogens with zero attached hydrogens (tertiary/aromatic N) is 3. The third-order valence-electron chi connectivity index (χ3n) is 5.92. The molecule has 9 nitrogen and oxygen atoms in total. The normalized spacial score (nSPS) is 16.1. The van der Waals surface area contributed by atoms with Crippen molar-refractivity contribution in [3.8, 4) is 5.75 Å². The van der Waals surface area contributed by atoms with Gasteiger partial charge >= 0.3 is 6.03 Å². The van der Waals surface area contributed by atoms with E-state index in [0.717, 1.165) is 41.7 Å². The van der Waals surface area contributed by atoms with Crippen LogP contribution in [0.5, 0.6) is 5.75 Å². The van der Waals surface area contributed by atoms with E-state index in [1.165, 1.54) is 0 Å². The van der Waals surface area contributed by atoms with Gasteiger partial charge in [-0.2, -0.15) is 0 Å². The average molecular weight is 474 g/mol. The Morgan fingerprint density at radius 2 is 2.18 bits per heavy atom. The zero-order chi connectivity index (χ0) is 23.5. The summed E-state index contributed by atoms with van der Waals surface area (Å²) in [6, 6.07) is 7.26. The topological polar surface area (TPSA) is 104 Å². The number of aromatic nitrogens is 2. The van der Waals surface area contributed by atoms with Gasteiger partial charge in [0.25, 0.3) is 0 Å². The number of carbonyl (C=O) groups excluding carboxylic acids is 2. The molecule has 0 saturated carbocycles. The number of H-pyrrole nitrogens is 1. The van der Waals surface area contributed by atoms with Crippen molar-refractivity contribution in [2.75, 3.05) is 20.1 Å². The number of benzene rings is 1. The number of fused-ring (bicyclic) bond motifs is 1. The van der Waals surface area contributed by atoms with Gasteiger partial charge in [-0.25, -0.2) is 4.79 Å². The molecule has 0 bridgehead atoms. The molecule has 2 aromatic heterocycles. The van der Waals surface area contributed by atoms with Crippen LogP contribution in [0, 0.1) is 6.92 Å². The van der Waals surface area contributed by atoms with Crippen molar-refractivity contribution >= 4 is 34.4 Å². The van der Waals surface area contributed by atoms with Crippen molar-refractivity contribution < 1.29 is 18.8 Å². The van der Waals surface area contributed by atoms with Gasteiger partial charge in [0.1, 0.15) is 23.8 Å². The van der Waals surface area contributed by atoms with E-state index in [2.05, 4.69) is 15.5 Å². The number of ether oxygens (including phenoxy) is 1. The van der Waals surface area contributed by atoms with E-state index in [4.69, 9.17) is 20.9 Å². The first-order chi connectivity index (χ1) is 15.8. The maximum absolute atomic E-state index is 12.7. The van der Waals surface area contributed by atoms with E-state index in [9.17, 15) is 9.59 Å². The number of rotatable bonds is 6. The van der Waals surface area contributed by atoms with Crippen LogP contribution in [0.2, 0.25) is 5.02 Å². The molecule has 3 heterocycles. The average Bonchev–Trinajstić information content (AvgIpc) is 3.40. The molecule has 0 radical (unpaired) electrons. The van der Waals surface area contributed by atoms with Crippen LogP contribution in [0.15, 0.2) is 28.8 Å². The highest BCUT2D eigenvalue weighted by molar-refractivity contribution is 6.32. The number of aromatic amines is 1. The number of nitrogens with one attached hydrogen (secondary N) is 2. The van der Waals surface area contributed by atoms with Gasteiger partial charge in [-0.1, -0.05) is 16.8 Å². The predicted molar refractivity (Wildman–Crippen MR) is 124 cm³/mol. The fourth-order valence-corrected chi connectivity index (χ4v) is 4.28. The second-order valence-electron chi connectivity index (χ2n) is 8.41. The summed E-state index contributed by atoms with van der Waals surface area (Å²) in [5.41, 5.74) is 2.39. The summed E-state index contributed by atoms with van der Waals surface area (Å²) in [6.07, 6.45) is 1.78. The van der Waals surface area contributed by atoms with Crippen LogP contribution in [-0.2, 0) is 17.9 Å². The molecule has 3 amide bonds. The monoisotopic (exact) mass is 473 g/mol. The Hall–Kier alpha value is -3.20. The zero-order valence-corrected chi connectivity index (χ0v) is 19.7. The predicted octanol–water partition coefficient (Wildman–Crippen LogP) is 3.85. The van der Waals surface area contributed by atoms with Gasteiger partial charge in [-0.3, -0.25) is 4.79 Å². The van der Waals surface area contributed by atoms with E-state index in [0.29, 0.717) is 29.6 Å². The summed E-state index contributed by atoms with van der Waals surface area (Å²) in [5, 5.41) is 8.28. The Labute approximate surface area is 197 Å². The molecule has 2 N–H and O–H groups in total. The molecule has 1 atom stereocenters. The van der Waals surface area contributed by atoms with Crippen molar-refractivity contribution in [3.05, 3.63) is 46.4 Å². The van der Waals surface area contributed by atoms with Crippen LogP contribution in [0.1, 0.15) is 36.9 Å².